The highest BCUT2D eigenvalue weighted by atomic mass is 16.5. The van der Waals surface area contributed by atoms with Crippen molar-refractivity contribution in [2.24, 2.45) is 5.73 Å². The monoisotopic (exact) mass is 275 g/mol. The summed E-state index contributed by atoms with van der Waals surface area (Å²) in [6.07, 6.45) is 0.232. The molecule has 0 fully saturated rings. The second kappa shape index (κ2) is 5.79. The Balaban J connectivity index is 2.63. The fourth-order valence-electron chi connectivity index (χ4n) is 2.26. The molecule has 1 unspecified atom stereocenters. The lowest BCUT2D eigenvalue weighted by Gasteiger charge is -2.15. The van der Waals surface area contributed by atoms with E-state index in [2.05, 4.69) is 0 Å². The maximum absolute atomic E-state index is 10.9. The zero-order valence-corrected chi connectivity index (χ0v) is 11.4. The van der Waals surface area contributed by atoms with E-state index in [0.29, 0.717) is 11.5 Å². The standard InChI is InChI=1S/C15H17NO4/c1-19-12-7-6-9(8-11(16)15(17)18)14-10(12)4-3-5-13(14)20-2/h3-7,11H,8,16H2,1-2H3,(H,17,18). The average molecular weight is 275 g/mol. The number of nitrogens with two attached hydrogens (primary N) is 1. The fraction of sp³-hybridized carbons (Fsp3) is 0.267. The van der Waals surface area contributed by atoms with Crippen LogP contribution in [0, 0.1) is 0 Å². The molecule has 0 aromatic heterocycles. The van der Waals surface area contributed by atoms with Gasteiger partial charge in [0.1, 0.15) is 17.5 Å². The molecule has 0 radical (unpaired) electrons. The summed E-state index contributed by atoms with van der Waals surface area (Å²) in [7, 11) is 3.17. The number of fused-ring (bicyclic) bond motifs is 1. The number of ether oxygens (including phenoxy) is 2. The van der Waals surface area contributed by atoms with Crippen molar-refractivity contribution in [3.8, 4) is 11.5 Å². The van der Waals surface area contributed by atoms with Crippen molar-refractivity contribution in [3.63, 3.8) is 0 Å². The maximum Gasteiger partial charge on any atom is 0.320 e. The minimum absolute atomic E-state index is 0.232. The van der Waals surface area contributed by atoms with Gasteiger partial charge >= 0.3 is 5.97 Å². The zero-order valence-electron chi connectivity index (χ0n) is 11.4. The van der Waals surface area contributed by atoms with E-state index in [-0.39, 0.29) is 6.42 Å². The number of hydrogen-bond donors (Lipinski definition) is 2. The molecular weight excluding hydrogens is 258 g/mol. The van der Waals surface area contributed by atoms with Crippen molar-refractivity contribution < 1.29 is 19.4 Å². The molecule has 0 saturated heterocycles. The van der Waals surface area contributed by atoms with E-state index in [1.165, 1.54) is 0 Å². The molecule has 0 aliphatic rings. The highest BCUT2D eigenvalue weighted by Gasteiger charge is 2.17. The van der Waals surface area contributed by atoms with E-state index < -0.39 is 12.0 Å². The molecule has 0 saturated carbocycles. The number of methoxy groups -OCH3 is 2. The quantitative estimate of drug-likeness (QED) is 0.869. The predicted molar refractivity (Wildman–Crippen MR) is 76.4 cm³/mol. The highest BCUT2D eigenvalue weighted by Crippen LogP contribution is 2.35. The Labute approximate surface area is 116 Å². The molecule has 5 nitrogen and oxygen atoms in total. The number of hydrogen-bond acceptors (Lipinski definition) is 4. The van der Waals surface area contributed by atoms with Crippen LogP contribution in [-0.4, -0.2) is 31.3 Å². The Kier molecular flexibility index (Phi) is 4.10. The van der Waals surface area contributed by atoms with Gasteiger partial charge in [-0.3, -0.25) is 4.79 Å². The second-order valence-corrected chi connectivity index (χ2v) is 4.46. The predicted octanol–water partition coefficient (Wildman–Crippen LogP) is 1.81. The van der Waals surface area contributed by atoms with Crippen LogP contribution in [0.25, 0.3) is 10.8 Å². The van der Waals surface area contributed by atoms with Crippen molar-refractivity contribution in [1.82, 2.24) is 0 Å². The van der Waals surface area contributed by atoms with Gasteiger partial charge in [0.2, 0.25) is 0 Å². The molecule has 0 aliphatic carbocycles. The molecule has 106 valence electrons. The van der Waals surface area contributed by atoms with Gasteiger partial charge in [0, 0.05) is 10.8 Å². The van der Waals surface area contributed by atoms with Gasteiger partial charge in [-0.05, 0) is 24.1 Å². The molecule has 2 rings (SSSR count). The van der Waals surface area contributed by atoms with Gasteiger partial charge in [0.15, 0.2) is 0 Å². The van der Waals surface area contributed by atoms with Crippen LogP contribution in [0.5, 0.6) is 11.5 Å². The smallest absolute Gasteiger partial charge is 0.320 e. The lowest BCUT2D eigenvalue weighted by molar-refractivity contribution is -0.138. The molecule has 2 aromatic rings. The summed E-state index contributed by atoms with van der Waals surface area (Å²) in [6, 6.07) is 8.30. The van der Waals surface area contributed by atoms with E-state index in [1.54, 1.807) is 14.2 Å². The minimum Gasteiger partial charge on any atom is -0.496 e. The van der Waals surface area contributed by atoms with Crippen LogP contribution in [0.4, 0.5) is 0 Å². The third-order valence-corrected chi connectivity index (χ3v) is 3.25. The van der Waals surface area contributed by atoms with Crippen molar-refractivity contribution in [1.29, 1.82) is 0 Å². The topological polar surface area (TPSA) is 81.8 Å². The number of benzene rings is 2. The van der Waals surface area contributed by atoms with Crippen LogP contribution in [0.15, 0.2) is 30.3 Å². The molecule has 0 bridgehead atoms. The van der Waals surface area contributed by atoms with Gasteiger partial charge in [-0.15, -0.1) is 0 Å². The van der Waals surface area contributed by atoms with Gasteiger partial charge in [-0.2, -0.15) is 0 Å². The van der Waals surface area contributed by atoms with E-state index in [9.17, 15) is 4.79 Å². The van der Waals surface area contributed by atoms with Crippen LogP contribution in [0.1, 0.15) is 5.56 Å². The molecule has 0 heterocycles. The molecule has 0 amide bonds. The molecule has 2 aromatic carbocycles. The lowest BCUT2D eigenvalue weighted by atomic mass is 9.97. The number of aliphatic carboxylic acids is 1. The molecule has 3 N–H and O–H groups in total. The van der Waals surface area contributed by atoms with Gasteiger partial charge in [-0.1, -0.05) is 18.2 Å². The molecular formula is C15H17NO4. The zero-order chi connectivity index (χ0) is 14.7. The first-order chi connectivity index (χ1) is 9.58. The van der Waals surface area contributed by atoms with Crippen molar-refractivity contribution in [3.05, 3.63) is 35.9 Å². The van der Waals surface area contributed by atoms with Crippen molar-refractivity contribution >= 4 is 16.7 Å². The molecule has 20 heavy (non-hydrogen) atoms. The first-order valence-corrected chi connectivity index (χ1v) is 6.19. The number of rotatable bonds is 5. The van der Waals surface area contributed by atoms with Gasteiger partial charge in [0.05, 0.1) is 14.2 Å². The first-order valence-electron chi connectivity index (χ1n) is 6.19. The lowest BCUT2D eigenvalue weighted by Crippen LogP contribution is -2.32. The normalized spacial score (nSPS) is 12.2. The van der Waals surface area contributed by atoms with Crippen LogP contribution < -0.4 is 15.2 Å². The largest absolute Gasteiger partial charge is 0.496 e. The Bertz CT molecular complexity index is 639. The van der Waals surface area contributed by atoms with Gasteiger partial charge in [-0.25, -0.2) is 0 Å². The maximum atomic E-state index is 10.9. The van der Waals surface area contributed by atoms with Crippen LogP contribution in [-0.2, 0) is 11.2 Å². The van der Waals surface area contributed by atoms with E-state index in [4.69, 9.17) is 20.3 Å². The SMILES string of the molecule is COc1ccc(CC(N)C(=O)O)c2c(OC)cccc12. The molecule has 1 atom stereocenters. The van der Waals surface area contributed by atoms with Crippen LogP contribution in [0.3, 0.4) is 0 Å². The number of carbonyl (C=O) groups is 1. The summed E-state index contributed by atoms with van der Waals surface area (Å²) < 4.78 is 10.7. The summed E-state index contributed by atoms with van der Waals surface area (Å²) in [5.74, 6) is 0.365. The summed E-state index contributed by atoms with van der Waals surface area (Å²) in [6.45, 7) is 0. The molecule has 0 spiro atoms. The van der Waals surface area contributed by atoms with Crippen molar-refractivity contribution in [2.45, 2.75) is 12.5 Å². The minimum atomic E-state index is -1.02. The van der Waals surface area contributed by atoms with E-state index in [0.717, 1.165) is 16.3 Å². The first kappa shape index (κ1) is 14.1. The van der Waals surface area contributed by atoms with Crippen LogP contribution in [0.2, 0.25) is 0 Å². The second-order valence-electron chi connectivity index (χ2n) is 4.46. The summed E-state index contributed by atoms with van der Waals surface area (Å²) in [5, 5.41) is 10.7. The van der Waals surface area contributed by atoms with Crippen LogP contribution >= 0.6 is 0 Å². The summed E-state index contributed by atoms with van der Waals surface area (Å²) in [4.78, 5) is 10.9. The Morgan fingerprint density at radius 3 is 2.50 bits per heavy atom. The third kappa shape index (κ3) is 2.53. The third-order valence-electron chi connectivity index (χ3n) is 3.25. The Hall–Kier alpha value is -2.27. The summed E-state index contributed by atoms with van der Waals surface area (Å²) in [5.41, 5.74) is 6.46. The average Bonchev–Trinajstić information content (AvgIpc) is 2.46. The van der Waals surface area contributed by atoms with Gasteiger partial charge in [0.25, 0.3) is 0 Å². The number of carboxylic acids is 1. The number of carboxylic acid groups (broad SMARTS) is 1. The summed E-state index contributed by atoms with van der Waals surface area (Å²) >= 11 is 0. The van der Waals surface area contributed by atoms with Crippen molar-refractivity contribution in [2.75, 3.05) is 14.2 Å². The Morgan fingerprint density at radius 1 is 1.20 bits per heavy atom. The Morgan fingerprint density at radius 2 is 1.90 bits per heavy atom. The fourth-order valence-corrected chi connectivity index (χ4v) is 2.26. The molecule has 5 heteroatoms. The van der Waals surface area contributed by atoms with E-state index in [1.807, 2.05) is 30.3 Å². The highest BCUT2D eigenvalue weighted by molar-refractivity contribution is 5.96. The van der Waals surface area contributed by atoms with E-state index >= 15 is 0 Å². The molecule has 0 aliphatic heterocycles. The van der Waals surface area contributed by atoms with Gasteiger partial charge < -0.3 is 20.3 Å².